The van der Waals surface area contributed by atoms with Gasteiger partial charge in [0.05, 0.1) is 23.9 Å². The second kappa shape index (κ2) is 5.62. The van der Waals surface area contributed by atoms with Gasteiger partial charge in [-0.25, -0.2) is 0 Å². The van der Waals surface area contributed by atoms with Crippen molar-refractivity contribution >= 4 is 5.91 Å². The lowest BCUT2D eigenvalue weighted by atomic mass is 10.0. The van der Waals surface area contributed by atoms with Crippen LogP contribution in [0.5, 0.6) is 0 Å². The quantitative estimate of drug-likeness (QED) is 0.895. The Bertz CT molecular complexity index is 756. The number of carbonyl (C=O) groups is 1. The third kappa shape index (κ3) is 2.36. The van der Waals surface area contributed by atoms with Crippen LogP contribution in [0.3, 0.4) is 0 Å². The molecule has 0 atom stereocenters. The molecule has 0 radical (unpaired) electrons. The first-order valence-electron chi connectivity index (χ1n) is 7.08. The SMILES string of the molecule is Cn1nc(CO)c2c1CCN(C(=O)c1ccc(C#N)cc1)C2. The van der Waals surface area contributed by atoms with Crippen molar-refractivity contribution in [2.45, 2.75) is 19.6 Å². The number of hydrogen-bond donors (Lipinski definition) is 1. The lowest BCUT2D eigenvalue weighted by molar-refractivity contribution is 0.0732. The van der Waals surface area contributed by atoms with Crippen molar-refractivity contribution in [1.82, 2.24) is 14.7 Å². The second-order valence-electron chi connectivity index (χ2n) is 5.32. The summed E-state index contributed by atoms with van der Waals surface area (Å²) in [5.41, 5.74) is 3.75. The van der Waals surface area contributed by atoms with E-state index >= 15 is 0 Å². The number of aromatic nitrogens is 2. The zero-order valence-corrected chi connectivity index (χ0v) is 12.3. The molecule has 0 saturated heterocycles. The maximum Gasteiger partial charge on any atom is 0.254 e. The van der Waals surface area contributed by atoms with Crippen LogP contribution in [0.4, 0.5) is 0 Å². The van der Waals surface area contributed by atoms with Crippen LogP contribution in [-0.4, -0.2) is 32.2 Å². The average molecular weight is 296 g/mol. The summed E-state index contributed by atoms with van der Waals surface area (Å²) in [7, 11) is 1.86. The van der Waals surface area contributed by atoms with Gasteiger partial charge in [0, 0.05) is 43.4 Å². The van der Waals surface area contributed by atoms with E-state index in [2.05, 4.69) is 5.10 Å². The van der Waals surface area contributed by atoms with Gasteiger partial charge in [0.1, 0.15) is 0 Å². The minimum absolute atomic E-state index is 0.0668. The number of benzene rings is 1. The maximum atomic E-state index is 12.6. The number of amides is 1. The van der Waals surface area contributed by atoms with Gasteiger partial charge in [0.15, 0.2) is 0 Å². The number of aliphatic hydroxyl groups is 1. The van der Waals surface area contributed by atoms with Crippen LogP contribution in [0.15, 0.2) is 24.3 Å². The van der Waals surface area contributed by atoms with Crippen molar-refractivity contribution in [3.8, 4) is 6.07 Å². The van der Waals surface area contributed by atoms with E-state index in [-0.39, 0.29) is 12.5 Å². The number of hydrogen-bond acceptors (Lipinski definition) is 4. The molecule has 3 rings (SSSR count). The summed E-state index contributed by atoms with van der Waals surface area (Å²) in [6.45, 7) is 0.955. The Balaban J connectivity index is 1.84. The highest BCUT2D eigenvalue weighted by Gasteiger charge is 2.26. The topological polar surface area (TPSA) is 82.2 Å². The van der Waals surface area contributed by atoms with Gasteiger partial charge in [-0.15, -0.1) is 0 Å². The van der Waals surface area contributed by atoms with Crippen LogP contribution in [0.2, 0.25) is 0 Å². The van der Waals surface area contributed by atoms with E-state index in [1.54, 1.807) is 33.8 Å². The van der Waals surface area contributed by atoms with Gasteiger partial charge < -0.3 is 10.0 Å². The van der Waals surface area contributed by atoms with Gasteiger partial charge in [-0.05, 0) is 24.3 Å². The molecular weight excluding hydrogens is 280 g/mol. The summed E-state index contributed by atoms with van der Waals surface area (Å²) in [5.74, 6) is -0.0668. The predicted molar refractivity (Wildman–Crippen MR) is 78.7 cm³/mol. The Morgan fingerprint density at radius 1 is 1.41 bits per heavy atom. The fourth-order valence-corrected chi connectivity index (χ4v) is 2.84. The Hall–Kier alpha value is -2.65. The lowest BCUT2D eigenvalue weighted by Crippen LogP contribution is -2.36. The highest BCUT2D eigenvalue weighted by Crippen LogP contribution is 2.23. The highest BCUT2D eigenvalue weighted by atomic mass is 16.3. The molecule has 2 heterocycles. The zero-order chi connectivity index (χ0) is 15.7. The van der Waals surface area contributed by atoms with E-state index in [4.69, 9.17) is 5.26 Å². The van der Waals surface area contributed by atoms with Crippen LogP contribution in [-0.2, 0) is 26.6 Å². The first kappa shape index (κ1) is 14.3. The van der Waals surface area contributed by atoms with Gasteiger partial charge >= 0.3 is 0 Å². The number of nitrogens with zero attached hydrogens (tertiary/aromatic N) is 4. The van der Waals surface area contributed by atoms with E-state index in [0.29, 0.717) is 29.9 Å². The van der Waals surface area contributed by atoms with Crippen molar-refractivity contribution in [2.75, 3.05) is 6.54 Å². The Labute approximate surface area is 128 Å². The van der Waals surface area contributed by atoms with Crippen molar-refractivity contribution < 1.29 is 9.90 Å². The molecule has 1 aromatic carbocycles. The predicted octanol–water partition coefficient (Wildman–Crippen LogP) is 0.983. The van der Waals surface area contributed by atoms with Crippen molar-refractivity contribution in [1.29, 1.82) is 5.26 Å². The van der Waals surface area contributed by atoms with Gasteiger partial charge in [0.25, 0.3) is 5.91 Å². The molecule has 1 aliphatic heterocycles. The van der Waals surface area contributed by atoms with Gasteiger partial charge in [-0.2, -0.15) is 10.4 Å². The van der Waals surface area contributed by atoms with Gasteiger partial charge in [-0.3, -0.25) is 9.48 Å². The molecule has 0 fully saturated rings. The van der Waals surface area contributed by atoms with Crippen LogP contribution in [0.1, 0.15) is 32.9 Å². The van der Waals surface area contributed by atoms with Crippen LogP contribution in [0, 0.1) is 11.3 Å². The minimum atomic E-state index is -0.123. The molecule has 6 nitrogen and oxygen atoms in total. The number of aryl methyl sites for hydroxylation is 1. The zero-order valence-electron chi connectivity index (χ0n) is 12.3. The molecule has 1 amide bonds. The molecular formula is C16H16N4O2. The third-order valence-electron chi connectivity index (χ3n) is 4.02. The van der Waals surface area contributed by atoms with E-state index in [0.717, 1.165) is 17.7 Å². The molecule has 0 spiro atoms. The molecule has 1 aliphatic rings. The Morgan fingerprint density at radius 3 is 2.77 bits per heavy atom. The summed E-state index contributed by atoms with van der Waals surface area (Å²) >= 11 is 0. The first-order valence-corrected chi connectivity index (χ1v) is 7.08. The van der Waals surface area contributed by atoms with E-state index in [9.17, 15) is 9.90 Å². The minimum Gasteiger partial charge on any atom is -0.390 e. The number of carbonyl (C=O) groups excluding carboxylic acids is 1. The average Bonchev–Trinajstić information content (AvgIpc) is 2.90. The number of aliphatic hydroxyl groups excluding tert-OH is 1. The Morgan fingerprint density at radius 2 is 2.14 bits per heavy atom. The van der Waals surface area contributed by atoms with Gasteiger partial charge in [0.2, 0.25) is 0 Å². The van der Waals surface area contributed by atoms with Crippen molar-refractivity contribution in [3.63, 3.8) is 0 Å². The molecule has 0 aliphatic carbocycles. The van der Waals surface area contributed by atoms with Gasteiger partial charge in [-0.1, -0.05) is 0 Å². The normalized spacial score (nSPS) is 13.6. The Kier molecular flexibility index (Phi) is 3.65. The van der Waals surface area contributed by atoms with Crippen LogP contribution >= 0.6 is 0 Å². The standard InChI is InChI=1S/C16H16N4O2/c1-19-15-6-7-20(9-13(15)14(10-21)18-19)16(22)12-4-2-11(8-17)3-5-12/h2-5,21H,6-7,9-10H2,1H3. The molecule has 2 aromatic rings. The maximum absolute atomic E-state index is 12.6. The van der Waals surface area contributed by atoms with E-state index < -0.39 is 0 Å². The first-order chi connectivity index (χ1) is 10.6. The summed E-state index contributed by atoms with van der Waals surface area (Å²) in [5, 5.41) is 22.5. The van der Waals surface area contributed by atoms with E-state index in [1.807, 2.05) is 13.1 Å². The van der Waals surface area contributed by atoms with E-state index in [1.165, 1.54) is 0 Å². The molecule has 1 N–H and O–H groups in total. The fourth-order valence-electron chi connectivity index (χ4n) is 2.84. The molecule has 0 bridgehead atoms. The third-order valence-corrected chi connectivity index (χ3v) is 4.02. The monoisotopic (exact) mass is 296 g/mol. The summed E-state index contributed by atoms with van der Waals surface area (Å²) in [4.78, 5) is 14.3. The number of nitriles is 1. The fraction of sp³-hybridized carbons (Fsp3) is 0.312. The lowest BCUT2D eigenvalue weighted by Gasteiger charge is -2.27. The molecule has 0 unspecified atom stereocenters. The largest absolute Gasteiger partial charge is 0.390 e. The smallest absolute Gasteiger partial charge is 0.254 e. The summed E-state index contributed by atoms with van der Waals surface area (Å²) in [6.07, 6.45) is 0.723. The van der Waals surface area contributed by atoms with Crippen molar-refractivity contribution in [3.05, 3.63) is 52.3 Å². The van der Waals surface area contributed by atoms with Crippen LogP contribution < -0.4 is 0 Å². The second-order valence-corrected chi connectivity index (χ2v) is 5.32. The molecule has 112 valence electrons. The highest BCUT2D eigenvalue weighted by molar-refractivity contribution is 5.94. The molecule has 22 heavy (non-hydrogen) atoms. The van der Waals surface area contributed by atoms with Crippen LogP contribution in [0.25, 0.3) is 0 Å². The summed E-state index contributed by atoms with van der Waals surface area (Å²) in [6, 6.07) is 8.68. The summed E-state index contributed by atoms with van der Waals surface area (Å²) < 4.78 is 1.78. The number of fused-ring (bicyclic) bond motifs is 1. The number of rotatable bonds is 2. The molecule has 1 aromatic heterocycles. The molecule has 0 saturated carbocycles. The van der Waals surface area contributed by atoms with Crippen molar-refractivity contribution in [2.24, 2.45) is 7.05 Å². The molecule has 6 heteroatoms.